The summed E-state index contributed by atoms with van der Waals surface area (Å²) in [5, 5.41) is 4.61. The number of thiophene rings is 1. The molecule has 2 unspecified atom stereocenters. The average Bonchev–Trinajstić information content (AvgIpc) is 3.20. The molecule has 3 amide bonds. The lowest BCUT2D eigenvalue weighted by atomic mass is 9.96. The van der Waals surface area contributed by atoms with Crippen molar-refractivity contribution in [3.8, 4) is 0 Å². The highest BCUT2D eigenvalue weighted by molar-refractivity contribution is 7.12. The number of nitrogens with two attached hydrogens (primary N) is 1. The van der Waals surface area contributed by atoms with Gasteiger partial charge in [-0.05, 0) is 29.9 Å². The van der Waals surface area contributed by atoms with E-state index in [1.54, 1.807) is 35.2 Å². The molecule has 6 nitrogen and oxygen atoms in total. The molecular weight excluding hydrogens is 350 g/mol. The van der Waals surface area contributed by atoms with Gasteiger partial charge in [0.1, 0.15) is 6.04 Å². The Bertz CT molecular complexity index is 777. The van der Waals surface area contributed by atoms with Crippen LogP contribution >= 0.6 is 11.3 Å². The standard InChI is InChI=1S/C19H21N3O3S/c20-17(23)16(13-6-2-1-3-7-13)21-18(24)14-8-4-10-22(12-14)19(25)15-9-5-11-26-15/h1-3,5-7,9,11,14,16H,4,8,10,12H2,(H2,20,23)(H,21,24). The van der Waals surface area contributed by atoms with Crippen LogP contribution < -0.4 is 11.1 Å². The van der Waals surface area contributed by atoms with Gasteiger partial charge in [-0.25, -0.2) is 0 Å². The van der Waals surface area contributed by atoms with Crippen molar-refractivity contribution in [3.63, 3.8) is 0 Å². The summed E-state index contributed by atoms with van der Waals surface area (Å²) >= 11 is 1.39. The van der Waals surface area contributed by atoms with Crippen LogP contribution in [0.2, 0.25) is 0 Å². The number of benzene rings is 1. The number of hydrogen-bond acceptors (Lipinski definition) is 4. The van der Waals surface area contributed by atoms with Gasteiger partial charge in [0, 0.05) is 13.1 Å². The highest BCUT2D eigenvalue weighted by Crippen LogP contribution is 2.22. The van der Waals surface area contributed by atoms with Crippen LogP contribution in [0.4, 0.5) is 0 Å². The monoisotopic (exact) mass is 371 g/mol. The van der Waals surface area contributed by atoms with Crippen molar-refractivity contribution in [3.05, 3.63) is 58.3 Å². The Labute approximate surface area is 156 Å². The number of nitrogens with zero attached hydrogens (tertiary/aromatic N) is 1. The Kier molecular flexibility index (Phi) is 5.68. The molecule has 0 bridgehead atoms. The summed E-state index contributed by atoms with van der Waals surface area (Å²) in [6.07, 6.45) is 1.43. The van der Waals surface area contributed by atoms with Crippen molar-refractivity contribution < 1.29 is 14.4 Å². The first-order valence-corrected chi connectivity index (χ1v) is 9.41. The zero-order chi connectivity index (χ0) is 18.5. The topological polar surface area (TPSA) is 92.5 Å². The molecule has 3 rings (SSSR count). The molecule has 7 heteroatoms. The number of carbonyl (C=O) groups excluding carboxylic acids is 3. The highest BCUT2D eigenvalue weighted by Gasteiger charge is 2.31. The fraction of sp³-hybridized carbons (Fsp3) is 0.316. The van der Waals surface area contributed by atoms with Gasteiger partial charge >= 0.3 is 0 Å². The molecule has 1 aliphatic heterocycles. The van der Waals surface area contributed by atoms with E-state index in [4.69, 9.17) is 5.73 Å². The number of rotatable bonds is 5. The fourth-order valence-electron chi connectivity index (χ4n) is 3.16. The van der Waals surface area contributed by atoms with Crippen molar-refractivity contribution >= 4 is 29.1 Å². The van der Waals surface area contributed by atoms with Crippen LogP contribution in [0.25, 0.3) is 0 Å². The van der Waals surface area contributed by atoms with E-state index < -0.39 is 11.9 Å². The number of nitrogens with one attached hydrogen (secondary N) is 1. The van der Waals surface area contributed by atoms with E-state index in [-0.39, 0.29) is 17.7 Å². The Balaban J connectivity index is 1.67. The van der Waals surface area contributed by atoms with E-state index in [1.165, 1.54) is 11.3 Å². The van der Waals surface area contributed by atoms with Crippen LogP contribution in [0, 0.1) is 5.92 Å². The molecular formula is C19H21N3O3S. The molecule has 0 spiro atoms. The van der Waals surface area contributed by atoms with Crippen LogP contribution in [0.15, 0.2) is 47.8 Å². The van der Waals surface area contributed by atoms with E-state index >= 15 is 0 Å². The van der Waals surface area contributed by atoms with Gasteiger partial charge in [-0.3, -0.25) is 14.4 Å². The second-order valence-corrected chi connectivity index (χ2v) is 7.27. The zero-order valence-electron chi connectivity index (χ0n) is 14.3. The molecule has 2 heterocycles. The number of primary amides is 1. The van der Waals surface area contributed by atoms with Crippen LogP contribution in [0.3, 0.4) is 0 Å². The van der Waals surface area contributed by atoms with Crippen LogP contribution in [0.5, 0.6) is 0 Å². The highest BCUT2D eigenvalue weighted by atomic mass is 32.1. The minimum absolute atomic E-state index is 0.0491. The predicted molar refractivity (Wildman–Crippen MR) is 99.5 cm³/mol. The maximum atomic E-state index is 12.7. The first-order chi connectivity index (χ1) is 12.6. The number of amides is 3. The smallest absolute Gasteiger partial charge is 0.263 e. The molecule has 3 N–H and O–H groups in total. The van der Waals surface area contributed by atoms with E-state index in [0.717, 1.165) is 6.42 Å². The number of piperidine rings is 1. The molecule has 0 aliphatic carbocycles. The van der Waals surface area contributed by atoms with Gasteiger partial charge in [0.15, 0.2) is 0 Å². The summed E-state index contributed by atoms with van der Waals surface area (Å²) in [4.78, 5) is 39.4. The SMILES string of the molecule is NC(=O)C(NC(=O)C1CCCN(C(=O)c2cccs2)C1)c1ccccc1. The number of carbonyl (C=O) groups is 3. The molecule has 2 atom stereocenters. The Hall–Kier alpha value is -2.67. The van der Waals surface area contributed by atoms with Crippen molar-refractivity contribution in [1.82, 2.24) is 10.2 Å². The second-order valence-electron chi connectivity index (χ2n) is 6.32. The molecule has 1 aromatic carbocycles. The average molecular weight is 371 g/mol. The molecule has 136 valence electrons. The van der Waals surface area contributed by atoms with Crippen molar-refractivity contribution in [2.45, 2.75) is 18.9 Å². The van der Waals surface area contributed by atoms with E-state index in [2.05, 4.69) is 5.32 Å². The minimum atomic E-state index is -0.868. The quantitative estimate of drug-likeness (QED) is 0.841. The maximum Gasteiger partial charge on any atom is 0.263 e. The fourth-order valence-corrected chi connectivity index (χ4v) is 3.85. The lowest BCUT2D eigenvalue weighted by molar-refractivity contribution is -0.131. The summed E-state index contributed by atoms with van der Waals surface area (Å²) in [7, 11) is 0. The van der Waals surface area contributed by atoms with Gasteiger partial charge in [-0.15, -0.1) is 11.3 Å². The van der Waals surface area contributed by atoms with E-state index in [1.807, 2.05) is 17.5 Å². The molecule has 1 saturated heterocycles. The summed E-state index contributed by atoms with van der Waals surface area (Å²) in [5.41, 5.74) is 6.12. The Morgan fingerprint density at radius 2 is 1.92 bits per heavy atom. The predicted octanol–water partition coefficient (Wildman–Crippen LogP) is 1.94. The van der Waals surface area contributed by atoms with Gasteiger partial charge < -0.3 is 16.0 Å². The Morgan fingerprint density at radius 1 is 1.15 bits per heavy atom. The van der Waals surface area contributed by atoms with Crippen molar-refractivity contribution in [2.24, 2.45) is 11.7 Å². The van der Waals surface area contributed by atoms with Gasteiger partial charge in [-0.2, -0.15) is 0 Å². The molecule has 1 aromatic heterocycles. The number of likely N-dealkylation sites (tertiary alicyclic amines) is 1. The lowest BCUT2D eigenvalue weighted by Crippen LogP contribution is -2.47. The summed E-state index contributed by atoms with van der Waals surface area (Å²) in [5.74, 6) is -1.25. The molecule has 2 aromatic rings. The van der Waals surface area contributed by atoms with Crippen LogP contribution in [-0.2, 0) is 9.59 Å². The normalized spacial score (nSPS) is 18.2. The van der Waals surface area contributed by atoms with Crippen LogP contribution in [0.1, 0.15) is 34.1 Å². The van der Waals surface area contributed by atoms with Gasteiger partial charge in [0.2, 0.25) is 11.8 Å². The molecule has 0 radical (unpaired) electrons. The van der Waals surface area contributed by atoms with E-state index in [0.29, 0.717) is 30.0 Å². The zero-order valence-corrected chi connectivity index (χ0v) is 15.1. The van der Waals surface area contributed by atoms with E-state index in [9.17, 15) is 14.4 Å². The number of hydrogen-bond donors (Lipinski definition) is 2. The van der Waals surface area contributed by atoms with Gasteiger partial charge in [0.05, 0.1) is 10.8 Å². The third-order valence-electron chi connectivity index (χ3n) is 4.52. The van der Waals surface area contributed by atoms with Crippen LogP contribution in [-0.4, -0.2) is 35.7 Å². The third-order valence-corrected chi connectivity index (χ3v) is 5.37. The molecule has 1 fully saturated rings. The third kappa shape index (κ3) is 4.11. The molecule has 1 aliphatic rings. The van der Waals surface area contributed by atoms with Crippen molar-refractivity contribution in [2.75, 3.05) is 13.1 Å². The molecule has 26 heavy (non-hydrogen) atoms. The summed E-state index contributed by atoms with van der Waals surface area (Å²) in [6.45, 7) is 0.987. The molecule has 0 saturated carbocycles. The Morgan fingerprint density at radius 3 is 2.58 bits per heavy atom. The first kappa shape index (κ1) is 18.1. The maximum absolute atomic E-state index is 12.7. The second kappa shape index (κ2) is 8.14. The van der Waals surface area contributed by atoms with Gasteiger partial charge in [0.25, 0.3) is 5.91 Å². The first-order valence-electron chi connectivity index (χ1n) is 8.53. The van der Waals surface area contributed by atoms with Gasteiger partial charge in [-0.1, -0.05) is 36.4 Å². The van der Waals surface area contributed by atoms with Crippen molar-refractivity contribution in [1.29, 1.82) is 0 Å². The lowest BCUT2D eigenvalue weighted by Gasteiger charge is -2.32. The minimum Gasteiger partial charge on any atom is -0.368 e. The largest absolute Gasteiger partial charge is 0.368 e. The summed E-state index contributed by atoms with van der Waals surface area (Å²) in [6, 6.07) is 11.7. The summed E-state index contributed by atoms with van der Waals surface area (Å²) < 4.78 is 0.